The van der Waals surface area contributed by atoms with Gasteiger partial charge in [-0.2, -0.15) is 0 Å². The molecule has 0 aliphatic heterocycles. The lowest BCUT2D eigenvalue weighted by Crippen LogP contribution is -2.75. The summed E-state index contributed by atoms with van der Waals surface area (Å²) in [6.07, 6.45) is 4.24. The van der Waals surface area contributed by atoms with Crippen LogP contribution in [0, 0.1) is 11.3 Å². The number of rotatable bonds is 7. The lowest BCUT2D eigenvalue weighted by Gasteiger charge is -2.57. The van der Waals surface area contributed by atoms with Crippen molar-refractivity contribution < 1.29 is 9.53 Å². The summed E-state index contributed by atoms with van der Waals surface area (Å²) in [4.78, 5) is 17.0. The summed E-state index contributed by atoms with van der Waals surface area (Å²) < 4.78 is 5.70. The van der Waals surface area contributed by atoms with E-state index in [1.807, 2.05) is 33.0 Å². The standard InChI is InChI=1S/C19H31N3O2.2ClH/c1-6-24-16-10-19(20,18(16,4)5)17(23)22-12-15(13(2)3)14-8-7-9-21-11-14;;/h7-9,11,13,15-16H,6,10,12,20H2,1-5H3,(H,22,23);2*1H. The molecular weight excluding hydrogens is 373 g/mol. The van der Waals surface area contributed by atoms with Crippen LogP contribution >= 0.6 is 24.8 Å². The zero-order chi connectivity index (χ0) is 18.0. The lowest BCUT2D eigenvalue weighted by atomic mass is 9.54. The first-order valence-corrected chi connectivity index (χ1v) is 8.82. The van der Waals surface area contributed by atoms with Gasteiger partial charge in [-0.25, -0.2) is 0 Å². The maximum absolute atomic E-state index is 12.8. The van der Waals surface area contributed by atoms with E-state index in [1.54, 1.807) is 6.20 Å². The van der Waals surface area contributed by atoms with Gasteiger partial charge in [0.25, 0.3) is 0 Å². The van der Waals surface area contributed by atoms with E-state index in [9.17, 15) is 4.79 Å². The Hall–Kier alpha value is -0.880. The van der Waals surface area contributed by atoms with Crippen LogP contribution in [0.3, 0.4) is 0 Å². The van der Waals surface area contributed by atoms with Crippen molar-refractivity contribution >= 4 is 30.7 Å². The molecule has 2 rings (SSSR count). The summed E-state index contributed by atoms with van der Waals surface area (Å²) in [5.41, 5.74) is 6.34. The van der Waals surface area contributed by atoms with E-state index in [0.29, 0.717) is 25.5 Å². The predicted molar refractivity (Wildman–Crippen MR) is 110 cm³/mol. The molecule has 1 aromatic rings. The largest absolute Gasteiger partial charge is 0.378 e. The van der Waals surface area contributed by atoms with Crippen molar-refractivity contribution in [3.63, 3.8) is 0 Å². The van der Waals surface area contributed by atoms with E-state index in [1.165, 1.54) is 0 Å². The first-order valence-electron chi connectivity index (χ1n) is 8.82. The molecule has 1 heterocycles. The molecule has 26 heavy (non-hydrogen) atoms. The summed E-state index contributed by atoms with van der Waals surface area (Å²) in [6, 6.07) is 3.99. The number of halogens is 2. The van der Waals surface area contributed by atoms with Crippen molar-refractivity contribution in [3.8, 4) is 0 Å². The van der Waals surface area contributed by atoms with Crippen molar-refractivity contribution in [2.45, 2.75) is 58.6 Å². The molecule has 0 aromatic carbocycles. The van der Waals surface area contributed by atoms with Crippen LogP contribution in [0.1, 0.15) is 52.5 Å². The zero-order valence-corrected chi connectivity index (χ0v) is 18.0. The van der Waals surface area contributed by atoms with E-state index in [4.69, 9.17) is 10.5 Å². The van der Waals surface area contributed by atoms with E-state index >= 15 is 0 Å². The average molecular weight is 406 g/mol. The maximum Gasteiger partial charge on any atom is 0.240 e. The van der Waals surface area contributed by atoms with Gasteiger partial charge in [-0.3, -0.25) is 9.78 Å². The van der Waals surface area contributed by atoms with Crippen molar-refractivity contribution in [2.24, 2.45) is 17.1 Å². The Balaban J connectivity index is 0.00000312. The molecule has 5 nitrogen and oxygen atoms in total. The van der Waals surface area contributed by atoms with Gasteiger partial charge in [0.2, 0.25) is 5.91 Å². The number of pyridine rings is 1. The molecule has 0 spiro atoms. The SMILES string of the molecule is CCOC1CC(N)(C(=O)NCC(c2cccnc2)C(C)C)C1(C)C.Cl.Cl. The summed E-state index contributed by atoms with van der Waals surface area (Å²) in [5.74, 6) is 0.531. The van der Waals surface area contributed by atoms with Crippen LogP contribution in [0.15, 0.2) is 24.5 Å². The molecule has 1 amide bonds. The second-order valence-electron chi connectivity index (χ2n) is 7.69. The van der Waals surface area contributed by atoms with Gasteiger partial charge in [-0.1, -0.05) is 33.8 Å². The van der Waals surface area contributed by atoms with Crippen LogP contribution in [0.2, 0.25) is 0 Å². The molecule has 150 valence electrons. The predicted octanol–water partition coefficient (Wildman–Crippen LogP) is 3.31. The van der Waals surface area contributed by atoms with Crippen LogP contribution in [0.25, 0.3) is 0 Å². The first kappa shape index (κ1) is 25.1. The molecule has 0 saturated heterocycles. The third-order valence-corrected chi connectivity index (χ3v) is 5.63. The molecular formula is C19H33Cl2N3O2. The minimum Gasteiger partial charge on any atom is -0.378 e. The third kappa shape index (κ3) is 4.69. The molecule has 3 N–H and O–H groups in total. The molecule has 3 atom stereocenters. The molecule has 7 heteroatoms. The minimum atomic E-state index is -0.872. The summed E-state index contributed by atoms with van der Waals surface area (Å²) in [7, 11) is 0. The Labute approximate surface area is 169 Å². The Morgan fingerprint density at radius 2 is 2.08 bits per heavy atom. The van der Waals surface area contributed by atoms with Crippen LogP contribution < -0.4 is 11.1 Å². The summed E-state index contributed by atoms with van der Waals surface area (Å²) >= 11 is 0. The van der Waals surface area contributed by atoms with Crippen LogP contribution in [-0.2, 0) is 9.53 Å². The van der Waals surface area contributed by atoms with Gasteiger partial charge >= 0.3 is 0 Å². The van der Waals surface area contributed by atoms with Gasteiger partial charge in [0.15, 0.2) is 0 Å². The van der Waals surface area contributed by atoms with Crippen molar-refractivity contribution in [1.82, 2.24) is 10.3 Å². The number of nitrogens with one attached hydrogen (secondary N) is 1. The minimum absolute atomic E-state index is 0. The molecule has 1 aromatic heterocycles. The summed E-state index contributed by atoms with van der Waals surface area (Å²) in [5, 5.41) is 3.08. The molecule has 1 fully saturated rings. The third-order valence-electron chi connectivity index (χ3n) is 5.63. The van der Waals surface area contributed by atoms with Gasteiger partial charge in [0.05, 0.1) is 6.10 Å². The first-order chi connectivity index (χ1) is 11.2. The number of hydrogen-bond donors (Lipinski definition) is 2. The highest BCUT2D eigenvalue weighted by molar-refractivity contribution is 5.88. The number of nitrogens with two attached hydrogens (primary N) is 1. The van der Waals surface area contributed by atoms with Crippen molar-refractivity contribution in [2.75, 3.05) is 13.2 Å². The van der Waals surface area contributed by atoms with Gasteiger partial charge < -0.3 is 15.8 Å². The number of ether oxygens (including phenoxy) is 1. The highest BCUT2D eigenvalue weighted by Gasteiger charge is 2.62. The van der Waals surface area contributed by atoms with E-state index in [2.05, 4.69) is 30.2 Å². The number of amides is 1. The second kappa shape index (κ2) is 9.88. The molecule has 1 aliphatic rings. The van der Waals surface area contributed by atoms with Crippen LogP contribution in [-0.4, -0.2) is 35.7 Å². The van der Waals surface area contributed by atoms with Gasteiger partial charge in [-0.05, 0) is 24.5 Å². The van der Waals surface area contributed by atoms with E-state index in [-0.39, 0.29) is 48.2 Å². The Bertz CT molecular complexity index is 569. The average Bonchev–Trinajstić information content (AvgIpc) is 2.55. The van der Waals surface area contributed by atoms with Crippen molar-refractivity contribution in [1.29, 1.82) is 0 Å². The molecule has 0 radical (unpaired) electrons. The van der Waals surface area contributed by atoms with E-state index in [0.717, 1.165) is 5.56 Å². The van der Waals surface area contributed by atoms with Crippen molar-refractivity contribution in [3.05, 3.63) is 30.1 Å². The van der Waals surface area contributed by atoms with Gasteiger partial charge in [0.1, 0.15) is 5.54 Å². The number of aromatic nitrogens is 1. The fourth-order valence-electron chi connectivity index (χ4n) is 3.51. The molecule has 1 aliphatic carbocycles. The lowest BCUT2D eigenvalue weighted by molar-refractivity contribution is -0.170. The quantitative estimate of drug-likeness (QED) is 0.728. The number of carbonyl (C=O) groups is 1. The normalized spacial score (nSPS) is 24.7. The second-order valence-corrected chi connectivity index (χ2v) is 7.69. The zero-order valence-electron chi connectivity index (χ0n) is 16.3. The van der Waals surface area contributed by atoms with Crippen LogP contribution in [0.5, 0.6) is 0 Å². The van der Waals surface area contributed by atoms with Crippen LogP contribution in [0.4, 0.5) is 0 Å². The Kier molecular flexibility index (Phi) is 9.55. The molecule has 1 saturated carbocycles. The highest BCUT2D eigenvalue weighted by atomic mass is 35.5. The summed E-state index contributed by atoms with van der Waals surface area (Å²) in [6.45, 7) is 11.5. The molecule has 3 unspecified atom stereocenters. The maximum atomic E-state index is 12.8. The smallest absolute Gasteiger partial charge is 0.240 e. The van der Waals surface area contributed by atoms with E-state index < -0.39 is 5.54 Å². The fourth-order valence-corrected chi connectivity index (χ4v) is 3.51. The fraction of sp³-hybridized carbons (Fsp3) is 0.684. The topological polar surface area (TPSA) is 77.2 Å². The van der Waals surface area contributed by atoms with Gasteiger partial charge in [0, 0.05) is 43.3 Å². The number of hydrogen-bond acceptors (Lipinski definition) is 4. The number of carbonyl (C=O) groups excluding carboxylic acids is 1. The highest BCUT2D eigenvalue weighted by Crippen LogP contribution is 2.49. The Morgan fingerprint density at radius 1 is 1.42 bits per heavy atom. The van der Waals surface area contributed by atoms with Gasteiger partial charge in [-0.15, -0.1) is 24.8 Å². The molecule has 0 bridgehead atoms. The monoisotopic (exact) mass is 405 g/mol. The number of nitrogens with zero attached hydrogens (tertiary/aromatic N) is 1. The Morgan fingerprint density at radius 3 is 2.54 bits per heavy atom.